The summed E-state index contributed by atoms with van der Waals surface area (Å²) in [7, 11) is 1.50. The third-order valence-corrected chi connectivity index (χ3v) is 6.25. The van der Waals surface area contributed by atoms with Gasteiger partial charge in [0.05, 0.1) is 11.6 Å². The third-order valence-electron chi connectivity index (χ3n) is 5.69. The van der Waals surface area contributed by atoms with Crippen molar-refractivity contribution in [1.82, 2.24) is 18.7 Å². The number of alkyl halides is 3. The number of benzene rings is 2. The Labute approximate surface area is 224 Å². The topological polar surface area (TPSA) is 80.3 Å². The van der Waals surface area contributed by atoms with E-state index in [9.17, 15) is 22.8 Å². The maximum atomic E-state index is 13.5. The van der Waals surface area contributed by atoms with E-state index < -0.39 is 24.0 Å². The van der Waals surface area contributed by atoms with Crippen molar-refractivity contribution in [2.24, 2.45) is 7.05 Å². The Balaban J connectivity index is 1.84. The minimum Gasteiger partial charge on any atom is -0.482 e. The molecule has 0 aliphatic rings. The molecule has 0 spiro atoms. The Kier molecular flexibility index (Phi) is 8.08. The average Bonchev–Trinajstić information content (AvgIpc) is 3.21. The summed E-state index contributed by atoms with van der Waals surface area (Å²) in [5.74, 6) is -0.174. The van der Waals surface area contributed by atoms with Crippen molar-refractivity contribution in [3.63, 3.8) is 0 Å². The van der Waals surface area contributed by atoms with Crippen LogP contribution in [0.15, 0.2) is 52.1 Å². The summed E-state index contributed by atoms with van der Waals surface area (Å²) < 4.78 is 52.6. The largest absolute Gasteiger partial charge is 0.482 e. The van der Waals surface area contributed by atoms with E-state index in [0.29, 0.717) is 11.4 Å². The summed E-state index contributed by atoms with van der Waals surface area (Å²) in [6.45, 7) is 0.779. The van der Waals surface area contributed by atoms with E-state index in [1.54, 1.807) is 24.3 Å². The number of hydrogen-bond donors (Lipinski definition) is 0. The highest BCUT2D eigenvalue weighted by atomic mass is 35.5. The molecule has 0 fully saturated rings. The number of unbranched alkanes of at least 4 members (excludes halogenated alkanes) is 1. The number of aryl methyl sites for hydroxylation is 1. The zero-order valence-corrected chi connectivity index (χ0v) is 21.9. The van der Waals surface area contributed by atoms with Crippen molar-refractivity contribution in [3.05, 3.63) is 78.9 Å². The van der Waals surface area contributed by atoms with Gasteiger partial charge in [0.25, 0.3) is 5.56 Å². The second kappa shape index (κ2) is 11.1. The summed E-state index contributed by atoms with van der Waals surface area (Å²) in [5.41, 5.74) is -0.0572. The van der Waals surface area contributed by atoms with E-state index in [2.05, 4.69) is 4.98 Å². The van der Waals surface area contributed by atoms with Crippen molar-refractivity contribution >= 4 is 34.4 Å². The molecular formula is C25H23Cl2F3N4O4. The third kappa shape index (κ3) is 5.99. The van der Waals surface area contributed by atoms with Gasteiger partial charge in [0, 0.05) is 24.7 Å². The average molecular weight is 571 g/mol. The summed E-state index contributed by atoms with van der Waals surface area (Å²) in [6, 6.07) is 10.8. The zero-order valence-electron chi connectivity index (χ0n) is 20.4. The Hall–Kier alpha value is -3.44. The van der Waals surface area contributed by atoms with Crippen LogP contribution in [-0.4, -0.2) is 31.5 Å². The molecule has 0 unspecified atom stereocenters. The fraction of sp³-hybridized carbons (Fsp3) is 0.320. The van der Waals surface area contributed by atoms with Gasteiger partial charge in [-0.15, -0.1) is 0 Å². The number of nitrogens with zero attached hydrogens (tertiary/aromatic N) is 4. The van der Waals surface area contributed by atoms with Gasteiger partial charge in [-0.25, -0.2) is 4.79 Å². The monoisotopic (exact) mass is 570 g/mol. The standard InChI is InChI=1S/C25H23Cl2F3N4O4/c1-3-4-11-33-22(35)20-21(32(2)24(33)36)31-23(34(20)13-15-5-7-16(26)8-6-15)38-17-9-10-18(27)19(12-17)37-14-25(28,29)30/h5-10,12H,3-4,11,13-14H2,1-2H3. The summed E-state index contributed by atoms with van der Waals surface area (Å²) in [5, 5.41) is 0.482. The number of hydrogen-bond acceptors (Lipinski definition) is 5. The van der Waals surface area contributed by atoms with E-state index in [-0.39, 0.29) is 46.8 Å². The van der Waals surface area contributed by atoms with Gasteiger partial charge >= 0.3 is 17.9 Å². The predicted octanol–water partition coefficient (Wildman–Crippen LogP) is 5.79. The number of aromatic nitrogens is 4. The fourth-order valence-electron chi connectivity index (χ4n) is 3.78. The molecule has 13 heteroatoms. The van der Waals surface area contributed by atoms with E-state index in [1.165, 1.54) is 34.4 Å². The van der Waals surface area contributed by atoms with E-state index in [0.717, 1.165) is 16.6 Å². The molecule has 2 heterocycles. The maximum absolute atomic E-state index is 13.5. The minimum atomic E-state index is -4.56. The van der Waals surface area contributed by atoms with Gasteiger partial charge in [0.2, 0.25) is 0 Å². The molecular weight excluding hydrogens is 548 g/mol. The number of imidazole rings is 1. The molecule has 0 aliphatic heterocycles. The van der Waals surface area contributed by atoms with Crippen LogP contribution in [0.5, 0.6) is 17.5 Å². The highest BCUT2D eigenvalue weighted by Crippen LogP contribution is 2.33. The summed E-state index contributed by atoms with van der Waals surface area (Å²) in [4.78, 5) is 30.8. The Morgan fingerprint density at radius 3 is 2.39 bits per heavy atom. The highest BCUT2D eigenvalue weighted by Gasteiger charge is 2.29. The highest BCUT2D eigenvalue weighted by molar-refractivity contribution is 6.32. The number of rotatable bonds is 9. The SMILES string of the molecule is CCCCn1c(=O)c2c(nc(Oc3ccc(Cl)c(OCC(F)(F)F)c3)n2Cc2ccc(Cl)cc2)n(C)c1=O. The van der Waals surface area contributed by atoms with Crippen LogP contribution in [0, 0.1) is 0 Å². The fourth-order valence-corrected chi connectivity index (χ4v) is 4.08. The summed E-state index contributed by atoms with van der Waals surface area (Å²) in [6.07, 6.45) is -3.16. The van der Waals surface area contributed by atoms with E-state index in [1.807, 2.05) is 6.92 Å². The lowest BCUT2D eigenvalue weighted by atomic mass is 10.2. The maximum Gasteiger partial charge on any atom is 0.422 e. The van der Waals surface area contributed by atoms with Crippen molar-refractivity contribution in [1.29, 1.82) is 0 Å². The lowest BCUT2D eigenvalue weighted by molar-refractivity contribution is -0.153. The molecule has 4 aromatic rings. The molecule has 202 valence electrons. The minimum absolute atomic E-state index is 0.0440. The van der Waals surface area contributed by atoms with Gasteiger partial charge in [0.15, 0.2) is 17.8 Å². The zero-order chi connectivity index (χ0) is 27.6. The smallest absolute Gasteiger partial charge is 0.422 e. The van der Waals surface area contributed by atoms with Gasteiger partial charge in [-0.1, -0.05) is 48.7 Å². The van der Waals surface area contributed by atoms with Gasteiger partial charge in [-0.3, -0.25) is 18.5 Å². The van der Waals surface area contributed by atoms with Crippen LogP contribution in [0.1, 0.15) is 25.3 Å². The van der Waals surface area contributed by atoms with Crippen molar-refractivity contribution < 1.29 is 22.6 Å². The van der Waals surface area contributed by atoms with Crippen LogP contribution in [0.2, 0.25) is 10.0 Å². The first-order chi connectivity index (χ1) is 18.0. The number of ether oxygens (including phenoxy) is 2. The molecule has 0 radical (unpaired) electrons. The Bertz CT molecular complexity index is 1580. The van der Waals surface area contributed by atoms with Crippen LogP contribution < -0.4 is 20.7 Å². The van der Waals surface area contributed by atoms with Crippen molar-refractivity contribution in [3.8, 4) is 17.5 Å². The van der Waals surface area contributed by atoms with Crippen molar-refractivity contribution in [2.45, 2.75) is 39.0 Å². The van der Waals surface area contributed by atoms with Crippen LogP contribution >= 0.6 is 23.2 Å². The molecule has 2 aromatic carbocycles. The lowest BCUT2D eigenvalue weighted by Gasteiger charge is -2.13. The molecule has 2 aromatic heterocycles. The second-order valence-corrected chi connectivity index (χ2v) is 9.37. The van der Waals surface area contributed by atoms with E-state index in [4.69, 9.17) is 32.7 Å². The lowest BCUT2D eigenvalue weighted by Crippen LogP contribution is -2.39. The quantitative estimate of drug-likeness (QED) is 0.254. The van der Waals surface area contributed by atoms with Gasteiger partial charge in [-0.05, 0) is 36.2 Å². The molecule has 0 amide bonds. The molecule has 0 N–H and O–H groups in total. The molecule has 0 saturated carbocycles. The van der Waals surface area contributed by atoms with Crippen LogP contribution in [-0.2, 0) is 20.1 Å². The first-order valence-electron chi connectivity index (χ1n) is 11.6. The summed E-state index contributed by atoms with van der Waals surface area (Å²) >= 11 is 12.0. The molecule has 0 bridgehead atoms. The van der Waals surface area contributed by atoms with Crippen molar-refractivity contribution in [2.75, 3.05) is 6.61 Å². The molecule has 38 heavy (non-hydrogen) atoms. The molecule has 4 rings (SSSR count). The van der Waals surface area contributed by atoms with Gasteiger partial charge in [-0.2, -0.15) is 18.2 Å². The first kappa shape index (κ1) is 27.6. The van der Waals surface area contributed by atoms with Crippen LogP contribution in [0.4, 0.5) is 13.2 Å². The molecule has 0 aliphatic carbocycles. The van der Waals surface area contributed by atoms with E-state index >= 15 is 0 Å². The predicted molar refractivity (Wildman–Crippen MR) is 138 cm³/mol. The molecule has 0 saturated heterocycles. The Morgan fingerprint density at radius 2 is 1.74 bits per heavy atom. The Morgan fingerprint density at radius 1 is 1.03 bits per heavy atom. The number of fused-ring (bicyclic) bond motifs is 1. The molecule has 8 nitrogen and oxygen atoms in total. The van der Waals surface area contributed by atoms with Gasteiger partial charge in [0.1, 0.15) is 11.5 Å². The first-order valence-corrected chi connectivity index (χ1v) is 12.4. The number of halogens is 5. The molecule has 0 atom stereocenters. The van der Waals surface area contributed by atoms with Gasteiger partial charge < -0.3 is 9.47 Å². The van der Waals surface area contributed by atoms with Crippen LogP contribution in [0.3, 0.4) is 0 Å². The second-order valence-electron chi connectivity index (χ2n) is 8.53. The van der Waals surface area contributed by atoms with Crippen LogP contribution in [0.25, 0.3) is 11.2 Å². The normalized spacial score (nSPS) is 11.8.